The fourth-order valence-electron chi connectivity index (χ4n) is 1.37. The maximum atomic E-state index is 4.37. The zero-order valence-corrected chi connectivity index (χ0v) is 9.77. The molecule has 0 aliphatic carbocycles. The van der Waals surface area contributed by atoms with E-state index in [2.05, 4.69) is 34.1 Å². The minimum Gasteiger partial charge on any atom is -0.273 e. The number of guanidine groups is 1. The van der Waals surface area contributed by atoms with Crippen LogP contribution >= 0.6 is 11.3 Å². The summed E-state index contributed by atoms with van der Waals surface area (Å²) in [6.45, 7) is 4.03. The molecule has 15 heavy (non-hydrogen) atoms. The van der Waals surface area contributed by atoms with E-state index in [0.29, 0.717) is 0 Å². The lowest BCUT2D eigenvalue weighted by Crippen LogP contribution is -2.31. The average molecular weight is 223 g/mol. The minimum atomic E-state index is 0.965. The van der Waals surface area contributed by atoms with Crippen molar-refractivity contribution in [1.82, 2.24) is 10.6 Å². The highest BCUT2D eigenvalue weighted by Gasteiger charge is 2.15. The van der Waals surface area contributed by atoms with Crippen LogP contribution in [0.2, 0.25) is 0 Å². The Labute approximate surface area is 93.3 Å². The first-order valence-corrected chi connectivity index (χ1v) is 5.82. The quantitative estimate of drug-likeness (QED) is 0.437. The van der Waals surface area contributed by atoms with Gasteiger partial charge in [0.1, 0.15) is 0 Å². The van der Waals surface area contributed by atoms with E-state index in [1.54, 1.807) is 11.3 Å². The van der Waals surface area contributed by atoms with Crippen LogP contribution in [-0.4, -0.2) is 37.0 Å². The van der Waals surface area contributed by atoms with E-state index in [4.69, 9.17) is 0 Å². The highest BCUT2D eigenvalue weighted by molar-refractivity contribution is 7.11. The molecule has 0 atom stereocenters. The van der Waals surface area contributed by atoms with Gasteiger partial charge in [-0.15, -0.1) is 21.1 Å². The molecular weight excluding hydrogens is 208 g/mol. The van der Waals surface area contributed by atoms with Crippen molar-refractivity contribution in [2.75, 3.05) is 20.1 Å². The summed E-state index contributed by atoms with van der Waals surface area (Å²) in [5.41, 5.74) is 1.27. The molecule has 0 saturated carbocycles. The largest absolute Gasteiger partial charge is 0.369 e. The topological polar surface area (TPSA) is 39.4 Å². The first-order valence-electron chi connectivity index (χ1n) is 4.94. The molecule has 0 aromatic carbocycles. The number of hydrogen-bond acceptors (Lipinski definition) is 2. The van der Waals surface area contributed by atoms with Crippen LogP contribution in [0.1, 0.15) is 10.4 Å². The van der Waals surface area contributed by atoms with Crippen molar-refractivity contribution in [3.8, 4) is 0 Å². The molecule has 1 aromatic rings. The number of rotatable bonds is 2. The summed E-state index contributed by atoms with van der Waals surface area (Å²) in [6.07, 6.45) is 1.90. The lowest BCUT2D eigenvalue weighted by molar-refractivity contribution is -0.505. The van der Waals surface area contributed by atoms with Gasteiger partial charge in [-0.25, -0.2) is 0 Å². The third-order valence-corrected chi connectivity index (χ3v) is 3.24. The van der Waals surface area contributed by atoms with Crippen LogP contribution in [0, 0.1) is 6.92 Å². The van der Waals surface area contributed by atoms with Gasteiger partial charge in [-0.3, -0.25) is 10.6 Å². The van der Waals surface area contributed by atoms with E-state index < -0.39 is 0 Å². The third-order valence-electron chi connectivity index (χ3n) is 2.28. The molecule has 0 bridgehead atoms. The zero-order valence-electron chi connectivity index (χ0n) is 8.95. The summed E-state index contributed by atoms with van der Waals surface area (Å²) >= 11 is 1.71. The van der Waals surface area contributed by atoms with Crippen LogP contribution in [0.3, 0.4) is 0 Å². The van der Waals surface area contributed by atoms with Gasteiger partial charge in [0.05, 0.1) is 31.2 Å². The van der Waals surface area contributed by atoms with Crippen molar-refractivity contribution < 1.29 is 4.68 Å². The number of hydrazone groups is 1. The van der Waals surface area contributed by atoms with Crippen molar-refractivity contribution in [3.05, 3.63) is 21.9 Å². The van der Waals surface area contributed by atoms with Crippen LogP contribution in [-0.2, 0) is 0 Å². The molecule has 0 spiro atoms. The third kappa shape index (κ3) is 2.36. The van der Waals surface area contributed by atoms with Crippen LogP contribution < -0.4 is 10.6 Å². The van der Waals surface area contributed by atoms with Crippen LogP contribution in [0.4, 0.5) is 0 Å². The summed E-state index contributed by atoms with van der Waals surface area (Å²) in [7, 11) is 1.93. The Morgan fingerprint density at radius 2 is 2.20 bits per heavy atom. The zero-order chi connectivity index (χ0) is 10.7. The van der Waals surface area contributed by atoms with Crippen molar-refractivity contribution in [1.29, 1.82) is 0 Å². The molecule has 0 radical (unpaired) electrons. The monoisotopic (exact) mass is 223 g/mol. The molecule has 4 nitrogen and oxygen atoms in total. The maximum absolute atomic E-state index is 4.37. The van der Waals surface area contributed by atoms with Gasteiger partial charge in [-0.1, -0.05) is 0 Å². The molecule has 2 heterocycles. The highest BCUT2D eigenvalue weighted by Crippen LogP contribution is 2.12. The number of nitrogens with one attached hydrogen (secondary N) is 2. The summed E-state index contributed by atoms with van der Waals surface area (Å²) in [5.74, 6) is 0.973. The normalized spacial score (nSPS) is 15.5. The maximum Gasteiger partial charge on any atom is 0.369 e. The summed E-state index contributed by atoms with van der Waals surface area (Å²) < 4.78 is 1.83. The van der Waals surface area contributed by atoms with Crippen molar-refractivity contribution >= 4 is 23.5 Å². The Kier molecular flexibility index (Phi) is 3.01. The number of hydrogen-bond donors (Lipinski definition) is 2. The van der Waals surface area contributed by atoms with Crippen LogP contribution in [0.25, 0.3) is 0 Å². The lowest BCUT2D eigenvalue weighted by atomic mass is 10.3. The fraction of sp³-hybridized carbons (Fsp3) is 0.400. The van der Waals surface area contributed by atoms with Gasteiger partial charge in [0.2, 0.25) is 0 Å². The Morgan fingerprint density at radius 1 is 1.47 bits per heavy atom. The summed E-state index contributed by atoms with van der Waals surface area (Å²) in [4.78, 5) is 1.21. The van der Waals surface area contributed by atoms with Gasteiger partial charge in [0.15, 0.2) is 0 Å². The van der Waals surface area contributed by atoms with E-state index >= 15 is 0 Å². The Balaban J connectivity index is 2.11. The molecule has 80 valence electrons. The molecule has 2 N–H and O–H groups in total. The highest BCUT2D eigenvalue weighted by atomic mass is 32.1. The number of aryl methyl sites for hydroxylation is 1. The second-order valence-electron chi connectivity index (χ2n) is 3.44. The molecule has 2 rings (SSSR count). The van der Waals surface area contributed by atoms with Crippen molar-refractivity contribution in [3.63, 3.8) is 0 Å². The molecular formula is C10H15N4S+. The Bertz CT molecular complexity index is 397. The summed E-state index contributed by atoms with van der Waals surface area (Å²) in [5, 5.41) is 12.9. The molecule has 1 saturated heterocycles. The van der Waals surface area contributed by atoms with Gasteiger partial charge < -0.3 is 0 Å². The molecule has 1 aromatic heterocycles. The second kappa shape index (κ2) is 4.44. The molecule has 0 amide bonds. The Morgan fingerprint density at radius 3 is 2.80 bits per heavy atom. The minimum absolute atomic E-state index is 0.965. The van der Waals surface area contributed by atoms with Crippen molar-refractivity contribution in [2.45, 2.75) is 6.92 Å². The van der Waals surface area contributed by atoms with Gasteiger partial charge in [0, 0.05) is 0 Å². The molecule has 1 aliphatic heterocycles. The average Bonchev–Trinajstić information content (AvgIpc) is 2.85. The van der Waals surface area contributed by atoms with E-state index in [-0.39, 0.29) is 0 Å². The van der Waals surface area contributed by atoms with Gasteiger partial charge in [-0.2, -0.15) is 0 Å². The fourth-order valence-corrected chi connectivity index (χ4v) is 2.15. The lowest BCUT2D eigenvalue weighted by Gasteiger charge is -1.96. The predicted octanol–water partition coefficient (Wildman–Crippen LogP) is 0.582. The number of thiophene rings is 1. The van der Waals surface area contributed by atoms with Gasteiger partial charge >= 0.3 is 5.96 Å². The SMILES string of the molecule is Cc1ccsc1/C=N\[N+](C)=C1NCCN1. The van der Waals surface area contributed by atoms with Crippen LogP contribution in [0.5, 0.6) is 0 Å². The van der Waals surface area contributed by atoms with E-state index in [1.807, 2.05) is 17.9 Å². The standard InChI is InChI=1S/C10H14N4S/c1-8-3-6-15-9(8)7-13-14(2)10-11-4-5-12-10/h3,6-7H,4-5H2,1-2H3,(H,11,12)/p+1/b13-7-. The van der Waals surface area contributed by atoms with E-state index in [0.717, 1.165) is 19.0 Å². The predicted molar refractivity (Wildman–Crippen MR) is 63.8 cm³/mol. The second-order valence-corrected chi connectivity index (χ2v) is 4.39. The Hall–Kier alpha value is -1.36. The van der Waals surface area contributed by atoms with Crippen molar-refractivity contribution in [2.24, 2.45) is 5.10 Å². The molecule has 0 unspecified atom stereocenters. The molecule has 1 aliphatic rings. The first-order chi connectivity index (χ1) is 7.27. The molecule has 5 heteroatoms. The number of nitrogens with zero attached hydrogens (tertiary/aromatic N) is 2. The molecule has 1 fully saturated rings. The van der Waals surface area contributed by atoms with Crippen LogP contribution in [0.15, 0.2) is 16.5 Å². The van der Waals surface area contributed by atoms with Gasteiger partial charge in [-0.05, 0) is 23.9 Å². The smallest absolute Gasteiger partial charge is 0.273 e. The first kappa shape index (κ1) is 10.2. The van der Waals surface area contributed by atoms with E-state index in [1.165, 1.54) is 10.4 Å². The van der Waals surface area contributed by atoms with Gasteiger partial charge in [0.25, 0.3) is 0 Å². The summed E-state index contributed by atoms with van der Waals surface area (Å²) in [6, 6.07) is 2.10. The van der Waals surface area contributed by atoms with E-state index in [9.17, 15) is 0 Å².